The molecule has 0 spiro atoms. The zero-order valence-corrected chi connectivity index (χ0v) is 21.3. The van der Waals surface area contributed by atoms with E-state index in [1.54, 1.807) is 54.6 Å². The lowest BCUT2D eigenvalue weighted by molar-refractivity contribution is -0.134. The third-order valence-corrected chi connectivity index (χ3v) is 6.28. The highest BCUT2D eigenvalue weighted by Gasteiger charge is 2.45. The van der Waals surface area contributed by atoms with Crippen molar-refractivity contribution in [1.29, 1.82) is 0 Å². The van der Waals surface area contributed by atoms with Crippen LogP contribution >= 0.6 is 22.6 Å². The molecular weight excluding hydrogens is 578 g/mol. The minimum absolute atomic E-state index is 0.0457. The molecule has 1 aliphatic heterocycles. The second-order valence-electron chi connectivity index (χ2n) is 8.21. The zero-order chi connectivity index (χ0) is 25.8. The maximum absolute atomic E-state index is 14.4. The summed E-state index contributed by atoms with van der Waals surface area (Å²) >= 11 is 1.96. The van der Waals surface area contributed by atoms with Crippen LogP contribution < -0.4 is 16.0 Å². The zero-order valence-electron chi connectivity index (χ0n) is 19.1. The summed E-state index contributed by atoms with van der Waals surface area (Å²) in [5, 5.41) is 7.79. The summed E-state index contributed by atoms with van der Waals surface area (Å²) in [6, 6.07) is 16.8. The fourth-order valence-corrected chi connectivity index (χ4v) is 4.38. The summed E-state index contributed by atoms with van der Waals surface area (Å²) in [6.07, 6.45) is 0.0476. The molecule has 0 bridgehead atoms. The highest BCUT2D eigenvalue weighted by Crippen LogP contribution is 2.27. The van der Waals surface area contributed by atoms with E-state index in [0.29, 0.717) is 14.8 Å². The number of amides is 5. The number of benzene rings is 3. The summed E-state index contributed by atoms with van der Waals surface area (Å²) in [5.74, 6) is -2.16. The molecule has 1 saturated heterocycles. The first-order valence-corrected chi connectivity index (χ1v) is 12.1. The van der Waals surface area contributed by atoms with Gasteiger partial charge >= 0.3 is 6.03 Å². The SMILES string of the molecule is CC(=O)Nc1ccc([C@H]2NC(=O)N([C@@H](Cc3ccccc3)C(=O)Nc3ccc(I)cc3F)C2=O)cc1. The number of urea groups is 1. The van der Waals surface area contributed by atoms with E-state index >= 15 is 0 Å². The van der Waals surface area contributed by atoms with Crippen LogP contribution in [0.5, 0.6) is 0 Å². The minimum atomic E-state index is -1.22. The Morgan fingerprint density at radius 1 is 1.03 bits per heavy atom. The van der Waals surface area contributed by atoms with E-state index in [4.69, 9.17) is 0 Å². The lowest BCUT2D eigenvalue weighted by Crippen LogP contribution is -2.49. The van der Waals surface area contributed by atoms with E-state index in [9.17, 15) is 23.6 Å². The maximum atomic E-state index is 14.4. The van der Waals surface area contributed by atoms with Gasteiger partial charge in [-0.2, -0.15) is 0 Å². The number of imide groups is 1. The van der Waals surface area contributed by atoms with Gasteiger partial charge in [0.15, 0.2) is 0 Å². The normalized spacial score (nSPS) is 15.9. The quantitative estimate of drug-likeness (QED) is 0.279. The Hall–Kier alpha value is -3.80. The fourth-order valence-electron chi connectivity index (χ4n) is 3.92. The molecule has 0 radical (unpaired) electrons. The standard InChI is InChI=1S/C26H22FIN4O4/c1-15(33)29-19-10-7-17(8-11-19)23-25(35)32(26(36)31-23)22(13-16-5-3-2-4-6-16)24(34)30-21-12-9-18(28)14-20(21)27/h2-12,14,22-23H,13H2,1H3,(H,29,33)(H,30,34)(H,31,36)/t22-,23+/m0/s1. The van der Waals surface area contributed by atoms with Crippen molar-refractivity contribution in [2.24, 2.45) is 0 Å². The molecule has 1 aliphatic rings. The molecule has 3 aromatic rings. The van der Waals surface area contributed by atoms with Gasteiger partial charge in [0.1, 0.15) is 17.9 Å². The highest BCUT2D eigenvalue weighted by molar-refractivity contribution is 14.1. The Morgan fingerprint density at radius 3 is 2.36 bits per heavy atom. The Labute approximate surface area is 220 Å². The molecule has 2 atom stereocenters. The molecule has 8 nitrogen and oxygen atoms in total. The largest absolute Gasteiger partial charge is 0.326 e. The van der Waals surface area contributed by atoms with Crippen LogP contribution in [0.3, 0.4) is 0 Å². The van der Waals surface area contributed by atoms with E-state index in [0.717, 1.165) is 10.5 Å². The smallest absolute Gasteiger partial charge is 0.325 e. The van der Waals surface area contributed by atoms with Crippen molar-refractivity contribution in [2.45, 2.75) is 25.4 Å². The topological polar surface area (TPSA) is 108 Å². The molecule has 10 heteroatoms. The second kappa shape index (κ2) is 10.9. The summed E-state index contributed by atoms with van der Waals surface area (Å²) in [4.78, 5) is 51.8. The van der Waals surface area contributed by atoms with Crippen LogP contribution in [0.25, 0.3) is 0 Å². The summed E-state index contributed by atoms with van der Waals surface area (Å²) < 4.78 is 15.1. The number of hydrogen-bond donors (Lipinski definition) is 3. The minimum Gasteiger partial charge on any atom is -0.326 e. The van der Waals surface area contributed by atoms with Gasteiger partial charge in [0.2, 0.25) is 11.8 Å². The van der Waals surface area contributed by atoms with E-state index in [2.05, 4.69) is 16.0 Å². The van der Waals surface area contributed by atoms with Crippen molar-refractivity contribution >= 4 is 57.7 Å². The summed E-state index contributed by atoms with van der Waals surface area (Å²) in [5.41, 5.74) is 1.72. The molecule has 1 heterocycles. The van der Waals surface area contributed by atoms with Crippen molar-refractivity contribution in [3.8, 4) is 0 Å². The number of anilines is 2. The third kappa shape index (κ3) is 5.70. The third-order valence-electron chi connectivity index (χ3n) is 5.61. The predicted molar refractivity (Wildman–Crippen MR) is 141 cm³/mol. The molecule has 0 aromatic heterocycles. The van der Waals surface area contributed by atoms with Crippen molar-refractivity contribution in [3.63, 3.8) is 0 Å². The number of nitrogens with zero attached hydrogens (tertiary/aromatic N) is 1. The molecular formula is C26H22FIN4O4. The van der Waals surface area contributed by atoms with E-state index in [1.807, 2.05) is 28.7 Å². The van der Waals surface area contributed by atoms with Crippen LogP contribution in [0.2, 0.25) is 0 Å². The highest BCUT2D eigenvalue weighted by atomic mass is 127. The molecule has 0 unspecified atom stereocenters. The van der Waals surface area contributed by atoms with Crippen LogP contribution in [-0.4, -0.2) is 34.7 Å². The number of hydrogen-bond acceptors (Lipinski definition) is 4. The number of halogens is 2. The molecule has 184 valence electrons. The number of carbonyl (C=O) groups excluding carboxylic acids is 4. The van der Waals surface area contributed by atoms with Gasteiger partial charge in [0.25, 0.3) is 5.91 Å². The van der Waals surface area contributed by atoms with Crippen LogP contribution in [-0.2, 0) is 20.8 Å². The maximum Gasteiger partial charge on any atom is 0.325 e. The van der Waals surface area contributed by atoms with Crippen molar-refractivity contribution in [3.05, 3.63) is 93.3 Å². The first-order chi connectivity index (χ1) is 17.2. The van der Waals surface area contributed by atoms with Crippen molar-refractivity contribution in [2.75, 3.05) is 10.6 Å². The first kappa shape index (κ1) is 25.3. The van der Waals surface area contributed by atoms with Crippen molar-refractivity contribution in [1.82, 2.24) is 10.2 Å². The first-order valence-electron chi connectivity index (χ1n) is 11.0. The van der Waals surface area contributed by atoms with E-state index < -0.39 is 35.7 Å². The molecule has 5 amide bonds. The van der Waals surface area contributed by atoms with Crippen LogP contribution in [0, 0.1) is 9.39 Å². The van der Waals surface area contributed by atoms with Gasteiger partial charge in [-0.05, 0) is 64.0 Å². The molecule has 4 rings (SSSR count). The van der Waals surface area contributed by atoms with Crippen LogP contribution in [0.1, 0.15) is 24.1 Å². The number of rotatable bonds is 7. The fraction of sp³-hybridized carbons (Fsp3) is 0.154. The van der Waals surface area contributed by atoms with E-state index in [1.165, 1.54) is 19.1 Å². The van der Waals surface area contributed by atoms with E-state index in [-0.39, 0.29) is 18.0 Å². The Kier molecular flexibility index (Phi) is 7.63. The number of nitrogens with one attached hydrogen (secondary N) is 3. The van der Waals surface area contributed by atoms with Crippen molar-refractivity contribution < 1.29 is 23.6 Å². The average molecular weight is 600 g/mol. The second-order valence-corrected chi connectivity index (χ2v) is 9.46. The Balaban J connectivity index is 1.61. The Morgan fingerprint density at radius 2 is 1.72 bits per heavy atom. The van der Waals surface area contributed by atoms with Gasteiger partial charge in [-0.3, -0.25) is 14.4 Å². The van der Waals surface area contributed by atoms with Crippen LogP contribution in [0.15, 0.2) is 72.8 Å². The lowest BCUT2D eigenvalue weighted by atomic mass is 10.0. The monoisotopic (exact) mass is 600 g/mol. The molecule has 3 N–H and O–H groups in total. The van der Waals surface area contributed by atoms with Gasteiger partial charge in [-0.25, -0.2) is 14.1 Å². The molecule has 36 heavy (non-hydrogen) atoms. The van der Waals surface area contributed by atoms with Gasteiger partial charge in [-0.15, -0.1) is 0 Å². The van der Waals surface area contributed by atoms with Gasteiger partial charge < -0.3 is 16.0 Å². The molecule has 0 saturated carbocycles. The van der Waals surface area contributed by atoms with Gasteiger partial charge in [0.05, 0.1) is 5.69 Å². The Bertz CT molecular complexity index is 1320. The molecule has 0 aliphatic carbocycles. The lowest BCUT2D eigenvalue weighted by Gasteiger charge is -2.25. The summed E-state index contributed by atoms with van der Waals surface area (Å²) in [7, 11) is 0. The molecule has 3 aromatic carbocycles. The number of carbonyl (C=O) groups is 4. The van der Waals surface area contributed by atoms with Gasteiger partial charge in [0, 0.05) is 22.6 Å². The van der Waals surface area contributed by atoms with Gasteiger partial charge in [-0.1, -0.05) is 42.5 Å². The molecule has 1 fully saturated rings. The van der Waals surface area contributed by atoms with Crippen LogP contribution in [0.4, 0.5) is 20.6 Å². The summed E-state index contributed by atoms with van der Waals surface area (Å²) in [6.45, 7) is 1.38. The average Bonchev–Trinajstić information content (AvgIpc) is 3.13. The predicted octanol–water partition coefficient (Wildman–Crippen LogP) is 4.23.